The van der Waals surface area contributed by atoms with Crippen molar-refractivity contribution < 1.29 is 4.74 Å². The molecule has 1 saturated carbocycles. The molecule has 0 saturated heterocycles. The van der Waals surface area contributed by atoms with E-state index >= 15 is 0 Å². The van der Waals surface area contributed by atoms with Gasteiger partial charge in [-0.15, -0.1) is 0 Å². The lowest BCUT2D eigenvalue weighted by Gasteiger charge is -2.30. The van der Waals surface area contributed by atoms with E-state index in [1.807, 2.05) is 19.1 Å². The lowest BCUT2D eigenvalue weighted by molar-refractivity contribution is 0.0749. The Morgan fingerprint density at radius 1 is 1.03 bits per heavy atom. The van der Waals surface area contributed by atoms with E-state index in [1.54, 1.807) is 6.92 Å². The van der Waals surface area contributed by atoms with Gasteiger partial charge >= 0.3 is 0 Å². The van der Waals surface area contributed by atoms with Crippen molar-refractivity contribution in [3.63, 3.8) is 0 Å². The summed E-state index contributed by atoms with van der Waals surface area (Å²) in [6, 6.07) is 13.3. The summed E-state index contributed by atoms with van der Waals surface area (Å²) in [6.45, 7) is 10.5. The molecule has 0 spiro atoms. The van der Waals surface area contributed by atoms with E-state index in [0.29, 0.717) is 22.8 Å². The van der Waals surface area contributed by atoms with Crippen molar-refractivity contribution in [2.24, 2.45) is 5.41 Å². The first-order valence-corrected chi connectivity index (χ1v) is 13.3. The van der Waals surface area contributed by atoms with E-state index in [-0.39, 0.29) is 5.41 Å². The number of hydrogen-bond acceptors (Lipinski definition) is 3. The Labute approximate surface area is 217 Å². The maximum Gasteiger partial charge on any atom is 0.158 e. The van der Waals surface area contributed by atoms with Crippen LogP contribution in [0.4, 0.5) is 0 Å². The van der Waals surface area contributed by atoms with Gasteiger partial charge in [0.15, 0.2) is 11.4 Å². The Bertz CT molecular complexity index is 1250. The fourth-order valence-corrected chi connectivity index (χ4v) is 6.23. The van der Waals surface area contributed by atoms with Crippen molar-refractivity contribution in [1.29, 1.82) is 10.5 Å². The van der Waals surface area contributed by atoms with E-state index in [1.165, 1.54) is 48.8 Å². The fourth-order valence-electron chi connectivity index (χ4n) is 6.23. The van der Waals surface area contributed by atoms with Crippen LogP contribution in [0.25, 0.3) is 0 Å². The van der Waals surface area contributed by atoms with Crippen LogP contribution in [0.5, 0.6) is 0 Å². The smallest absolute Gasteiger partial charge is 0.158 e. The van der Waals surface area contributed by atoms with E-state index in [9.17, 15) is 10.5 Å². The average Bonchev–Trinajstić information content (AvgIpc) is 3.15. The molecule has 4 rings (SSSR count). The maximum atomic E-state index is 10.1. The van der Waals surface area contributed by atoms with E-state index in [4.69, 9.17) is 4.74 Å². The standard InChI is InChI=1S/C33H38N2O/c1-23-18-25(20-32(3,4)19-23)10-9-13-30-29(22-35)31(24(2)21-34)36-33(30,5)28-16-14-27(15-17-28)26-11-7-6-8-12-26/h9-10,13-18,26H,6-8,11-12,19-20H2,1-5H3/b13-9+,25-10-,31-24-. The second-order valence-electron chi connectivity index (χ2n) is 11.7. The van der Waals surface area contributed by atoms with Gasteiger partial charge in [-0.05, 0) is 74.5 Å². The molecule has 36 heavy (non-hydrogen) atoms. The molecule has 0 N–H and O–H groups in total. The summed E-state index contributed by atoms with van der Waals surface area (Å²) in [5, 5.41) is 19.7. The van der Waals surface area contributed by atoms with Crippen molar-refractivity contribution >= 4 is 0 Å². The molecule has 1 aromatic carbocycles. The van der Waals surface area contributed by atoms with Gasteiger partial charge in [0, 0.05) is 5.57 Å². The van der Waals surface area contributed by atoms with Crippen LogP contribution < -0.4 is 0 Å². The van der Waals surface area contributed by atoms with Gasteiger partial charge in [-0.1, -0.05) is 87.3 Å². The first-order chi connectivity index (χ1) is 17.2. The van der Waals surface area contributed by atoms with E-state index in [2.05, 4.69) is 69.3 Å². The molecule has 3 heteroatoms. The lowest BCUT2D eigenvalue weighted by atomic mass is 9.75. The van der Waals surface area contributed by atoms with Crippen LogP contribution in [0.2, 0.25) is 0 Å². The topological polar surface area (TPSA) is 56.8 Å². The molecule has 0 amide bonds. The molecule has 3 aliphatic rings. The Kier molecular flexibility index (Phi) is 7.42. The van der Waals surface area contributed by atoms with Gasteiger partial charge < -0.3 is 4.74 Å². The summed E-state index contributed by atoms with van der Waals surface area (Å²) < 4.78 is 6.46. The second kappa shape index (κ2) is 10.4. The minimum atomic E-state index is -0.837. The van der Waals surface area contributed by atoms with E-state index < -0.39 is 5.60 Å². The monoisotopic (exact) mass is 478 g/mol. The fraction of sp³-hybridized carbons (Fsp3) is 0.455. The molecule has 2 aliphatic carbocycles. The molecule has 1 heterocycles. The SMILES string of the molecule is CC1=C/C(=C/C=C/C2=C(C#N)C(=C(\C)C#N)/OC2(C)c2ccc(C3CCCCC3)cc2)CC(C)(C)C1. The minimum absolute atomic E-state index is 0.250. The quantitative estimate of drug-likeness (QED) is 0.406. The predicted molar refractivity (Wildman–Crippen MR) is 146 cm³/mol. The largest absolute Gasteiger partial charge is 0.476 e. The zero-order chi connectivity index (χ0) is 25.9. The number of ether oxygens (including phenoxy) is 1. The molecule has 186 valence electrons. The normalized spacial score (nSPS) is 27.0. The third-order valence-electron chi connectivity index (χ3n) is 7.92. The van der Waals surface area contributed by atoms with E-state index in [0.717, 1.165) is 24.0 Å². The highest BCUT2D eigenvalue weighted by atomic mass is 16.5. The number of benzene rings is 1. The Hall–Kier alpha value is -3.30. The summed E-state index contributed by atoms with van der Waals surface area (Å²) in [5.41, 5.74) is 6.15. The second-order valence-corrected chi connectivity index (χ2v) is 11.7. The zero-order valence-electron chi connectivity index (χ0n) is 22.4. The summed E-state index contributed by atoms with van der Waals surface area (Å²) in [7, 11) is 0. The van der Waals surface area contributed by atoms with Crippen molar-refractivity contribution in [3.8, 4) is 12.1 Å². The van der Waals surface area contributed by atoms with Crippen LogP contribution in [0, 0.1) is 28.1 Å². The number of allylic oxidation sites excluding steroid dienone is 7. The van der Waals surface area contributed by atoms with Gasteiger partial charge in [-0.2, -0.15) is 10.5 Å². The molecule has 0 aromatic heterocycles. The molecule has 3 nitrogen and oxygen atoms in total. The average molecular weight is 479 g/mol. The molecule has 0 bridgehead atoms. The highest BCUT2D eigenvalue weighted by Crippen LogP contribution is 2.47. The maximum absolute atomic E-state index is 10.1. The highest BCUT2D eigenvalue weighted by molar-refractivity contribution is 5.60. The van der Waals surface area contributed by atoms with Crippen molar-refractivity contribution in [2.45, 2.75) is 91.1 Å². The Balaban J connectivity index is 1.72. The van der Waals surface area contributed by atoms with Gasteiger partial charge in [0.05, 0.1) is 11.6 Å². The molecule has 0 radical (unpaired) electrons. The van der Waals surface area contributed by atoms with Gasteiger partial charge in [-0.25, -0.2) is 0 Å². The summed E-state index contributed by atoms with van der Waals surface area (Å²) >= 11 is 0. The molecule has 1 unspecified atom stereocenters. The van der Waals surface area contributed by atoms with Gasteiger partial charge in [0.25, 0.3) is 0 Å². The van der Waals surface area contributed by atoms with Crippen molar-refractivity contribution in [3.05, 3.63) is 93.3 Å². The minimum Gasteiger partial charge on any atom is -0.476 e. The van der Waals surface area contributed by atoms with Crippen LogP contribution in [-0.4, -0.2) is 0 Å². The molecular weight excluding hydrogens is 440 g/mol. The van der Waals surface area contributed by atoms with Gasteiger partial charge in [0.1, 0.15) is 11.6 Å². The number of hydrogen-bond donors (Lipinski definition) is 0. The summed E-state index contributed by atoms with van der Waals surface area (Å²) in [6.07, 6.45) is 17.1. The van der Waals surface area contributed by atoms with Gasteiger partial charge in [0.2, 0.25) is 0 Å². The Morgan fingerprint density at radius 2 is 1.72 bits per heavy atom. The van der Waals surface area contributed by atoms with Crippen molar-refractivity contribution in [2.75, 3.05) is 0 Å². The molecule has 1 fully saturated rings. The highest BCUT2D eigenvalue weighted by Gasteiger charge is 2.43. The lowest BCUT2D eigenvalue weighted by Crippen LogP contribution is -2.23. The molecule has 1 atom stereocenters. The molecule has 1 aromatic rings. The van der Waals surface area contributed by atoms with Crippen LogP contribution in [0.1, 0.15) is 96.6 Å². The van der Waals surface area contributed by atoms with Crippen LogP contribution in [0.15, 0.2) is 82.2 Å². The first kappa shape index (κ1) is 25.8. The molecular formula is C33H38N2O. The van der Waals surface area contributed by atoms with Crippen LogP contribution in [-0.2, 0) is 10.3 Å². The molecule has 1 aliphatic heterocycles. The van der Waals surface area contributed by atoms with Crippen molar-refractivity contribution in [1.82, 2.24) is 0 Å². The summed E-state index contributed by atoms with van der Waals surface area (Å²) in [5.74, 6) is 1.02. The van der Waals surface area contributed by atoms with Crippen LogP contribution >= 0.6 is 0 Å². The van der Waals surface area contributed by atoms with Gasteiger partial charge in [-0.3, -0.25) is 0 Å². The zero-order valence-corrected chi connectivity index (χ0v) is 22.4. The van der Waals surface area contributed by atoms with Crippen LogP contribution in [0.3, 0.4) is 0 Å². The summed E-state index contributed by atoms with van der Waals surface area (Å²) in [4.78, 5) is 0. The number of nitrogens with zero attached hydrogens (tertiary/aromatic N) is 2. The third kappa shape index (κ3) is 5.27. The number of rotatable bonds is 4. The first-order valence-electron chi connectivity index (χ1n) is 13.3. The Morgan fingerprint density at radius 3 is 2.33 bits per heavy atom. The predicted octanol–water partition coefficient (Wildman–Crippen LogP) is 8.85. The number of nitriles is 2. The third-order valence-corrected chi connectivity index (χ3v) is 7.92.